The number of carbonyl (C=O) groups is 1. The van der Waals surface area contributed by atoms with Crippen LogP contribution in [-0.4, -0.2) is 21.0 Å². The maximum atomic E-state index is 13.4. The van der Waals surface area contributed by atoms with Crippen LogP contribution in [0, 0.1) is 15.9 Å². The van der Waals surface area contributed by atoms with Gasteiger partial charge in [-0.25, -0.2) is 9.18 Å². The van der Waals surface area contributed by atoms with E-state index in [9.17, 15) is 19.3 Å². The van der Waals surface area contributed by atoms with Crippen molar-refractivity contribution in [2.24, 2.45) is 0 Å². The number of halogens is 2. The summed E-state index contributed by atoms with van der Waals surface area (Å²) in [5.41, 5.74) is -0.948. The number of benzene rings is 1. The molecule has 0 fully saturated rings. The smallest absolute Gasteiger partial charge is 0.354 e. The Balaban J connectivity index is 2.45. The lowest BCUT2D eigenvalue weighted by atomic mass is 10.3. The lowest BCUT2D eigenvalue weighted by Crippen LogP contribution is -2.04. The van der Waals surface area contributed by atoms with Gasteiger partial charge in [-0.1, -0.05) is 0 Å². The molecule has 0 saturated carbocycles. The van der Waals surface area contributed by atoms with Crippen molar-refractivity contribution in [2.45, 2.75) is 0 Å². The highest BCUT2D eigenvalue weighted by Gasteiger charge is 2.21. The molecule has 0 atom stereocenters. The Kier molecular flexibility index (Phi) is 4.13. The first-order valence-electron chi connectivity index (χ1n) is 5.40. The highest BCUT2D eigenvalue weighted by molar-refractivity contribution is 9.10. The summed E-state index contributed by atoms with van der Waals surface area (Å²) in [7, 11) is 0. The molecule has 21 heavy (non-hydrogen) atoms. The fourth-order valence-corrected chi connectivity index (χ4v) is 1.66. The largest absolute Gasteiger partial charge is 0.477 e. The second-order valence-corrected chi connectivity index (χ2v) is 4.62. The highest BCUT2D eigenvalue weighted by Crippen LogP contribution is 2.31. The van der Waals surface area contributed by atoms with Crippen molar-refractivity contribution in [3.05, 3.63) is 56.4 Å². The molecule has 1 aromatic heterocycles. The van der Waals surface area contributed by atoms with Gasteiger partial charge in [0.1, 0.15) is 11.6 Å². The predicted molar refractivity (Wildman–Crippen MR) is 72.0 cm³/mol. The van der Waals surface area contributed by atoms with Gasteiger partial charge in [0.2, 0.25) is 0 Å². The Morgan fingerprint density at radius 3 is 2.67 bits per heavy atom. The first-order chi connectivity index (χ1) is 9.88. The minimum Gasteiger partial charge on any atom is -0.477 e. The number of aromatic nitrogens is 1. The zero-order valence-corrected chi connectivity index (χ0v) is 11.7. The average Bonchev–Trinajstić information content (AvgIpc) is 2.42. The van der Waals surface area contributed by atoms with Crippen molar-refractivity contribution in [1.82, 2.24) is 4.98 Å². The molecule has 1 aromatic carbocycles. The zero-order valence-electron chi connectivity index (χ0n) is 10.1. The zero-order chi connectivity index (χ0) is 15.6. The van der Waals surface area contributed by atoms with E-state index >= 15 is 0 Å². The summed E-state index contributed by atoms with van der Waals surface area (Å²) in [5.74, 6) is -2.57. The SMILES string of the molecule is O=C(O)c1ccc([N+](=O)[O-])c(Oc2ccc(Br)c(F)c2)n1. The number of rotatable bonds is 4. The first-order valence-corrected chi connectivity index (χ1v) is 6.19. The Morgan fingerprint density at radius 1 is 1.38 bits per heavy atom. The molecule has 0 aliphatic carbocycles. The fourth-order valence-electron chi connectivity index (χ4n) is 1.42. The third-order valence-electron chi connectivity index (χ3n) is 2.36. The number of aromatic carboxylic acids is 1. The first kappa shape index (κ1) is 14.9. The van der Waals surface area contributed by atoms with Crippen LogP contribution < -0.4 is 4.74 Å². The van der Waals surface area contributed by atoms with E-state index in [-0.39, 0.29) is 10.2 Å². The van der Waals surface area contributed by atoms with Gasteiger partial charge >= 0.3 is 11.7 Å². The molecule has 0 aliphatic rings. The predicted octanol–water partition coefficient (Wildman–Crippen LogP) is 3.38. The van der Waals surface area contributed by atoms with E-state index in [1.165, 1.54) is 12.1 Å². The van der Waals surface area contributed by atoms with Gasteiger partial charge in [-0.2, -0.15) is 4.98 Å². The molecule has 0 unspecified atom stereocenters. The molecule has 0 amide bonds. The van der Waals surface area contributed by atoms with Gasteiger partial charge in [-0.3, -0.25) is 10.1 Å². The maximum absolute atomic E-state index is 13.4. The molecule has 108 valence electrons. The van der Waals surface area contributed by atoms with Crippen LogP contribution in [0.15, 0.2) is 34.8 Å². The van der Waals surface area contributed by atoms with E-state index in [1.54, 1.807) is 0 Å². The summed E-state index contributed by atoms with van der Waals surface area (Å²) in [4.78, 5) is 24.5. The summed E-state index contributed by atoms with van der Waals surface area (Å²) in [5, 5.41) is 19.7. The number of carboxylic acid groups (broad SMARTS) is 1. The van der Waals surface area contributed by atoms with Crippen molar-refractivity contribution < 1.29 is 24.0 Å². The van der Waals surface area contributed by atoms with Crippen LogP contribution in [0.2, 0.25) is 0 Å². The summed E-state index contributed by atoms with van der Waals surface area (Å²) in [6.45, 7) is 0. The molecule has 0 bridgehead atoms. The van der Waals surface area contributed by atoms with Crippen LogP contribution in [0.5, 0.6) is 11.6 Å². The molecule has 2 rings (SSSR count). The van der Waals surface area contributed by atoms with Gasteiger partial charge in [0, 0.05) is 12.1 Å². The molecule has 1 N–H and O–H groups in total. The van der Waals surface area contributed by atoms with Crippen molar-refractivity contribution >= 4 is 27.6 Å². The molecule has 7 nitrogen and oxygen atoms in total. The van der Waals surface area contributed by atoms with Gasteiger partial charge < -0.3 is 9.84 Å². The Morgan fingerprint density at radius 2 is 2.10 bits per heavy atom. The van der Waals surface area contributed by atoms with E-state index < -0.39 is 34.0 Å². The molecule has 0 radical (unpaired) electrons. The van der Waals surface area contributed by atoms with E-state index in [1.807, 2.05) is 0 Å². The number of carboxylic acids is 1. The van der Waals surface area contributed by atoms with Crippen molar-refractivity contribution in [3.63, 3.8) is 0 Å². The van der Waals surface area contributed by atoms with E-state index in [0.29, 0.717) is 0 Å². The lowest BCUT2D eigenvalue weighted by Gasteiger charge is -2.06. The molecular weight excluding hydrogens is 351 g/mol. The number of pyridine rings is 1. The van der Waals surface area contributed by atoms with Gasteiger partial charge in [0.15, 0.2) is 5.69 Å². The molecular formula is C12H6BrFN2O5. The highest BCUT2D eigenvalue weighted by atomic mass is 79.9. The van der Waals surface area contributed by atoms with Gasteiger partial charge in [-0.05, 0) is 34.1 Å². The average molecular weight is 357 g/mol. The standard InChI is InChI=1S/C12H6BrFN2O5/c13-7-2-1-6(5-8(7)14)21-11-10(16(19)20)4-3-9(15-11)12(17)18/h1-5H,(H,17,18). The van der Waals surface area contributed by atoms with E-state index in [4.69, 9.17) is 9.84 Å². The molecule has 2 aromatic rings. The Hall–Kier alpha value is -2.55. The van der Waals surface area contributed by atoms with Crippen LogP contribution in [0.25, 0.3) is 0 Å². The quantitative estimate of drug-likeness (QED) is 0.665. The summed E-state index contributed by atoms with van der Waals surface area (Å²) >= 11 is 2.95. The normalized spacial score (nSPS) is 10.2. The molecule has 0 saturated heterocycles. The second kappa shape index (κ2) is 5.83. The minimum absolute atomic E-state index is 0.0474. The molecule has 0 aliphatic heterocycles. The number of hydrogen-bond donors (Lipinski definition) is 1. The number of hydrogen-bond acceptors (Lipinski definition) is 5. The van der Waals surface area contributed by atoms with Crippen molar-refractivity contribution in [2.75, 3.05) is 0 Å². The van der Waals surface area contributed by atoms with Crippen LogP contribution in [-0.2, 0) is 0 Å². The van der Waals surface area contributed by atoms with Crippen LogP contribution >= 0.6 is 15.9 Å². The summed E-state index contributed by atoms with van der Waals surface area (Å²) in [6, 6.07) is 5.63. The monoisotopic (exact) mass is 356 g/mol. The van der Waals surface area contributed by atoms with E-state index in [0.717, 1.165) is 18.2 Å². The lowest BCUT2D eigenvalue weighted by molar-refractivity contribution is -0.386. The summed E-state index contributed by atoms with van der Waals surface area (Å²) < 4.78 is 18.7. The van der Waals surface area contributed by atoms with Crippen molar-refractivity contribution in [1.29, 1.82) is 0 Å². The molecule has 9 heteroatoms. The topological polar surface area (TPSA) is 103 Å². The van der Waals surface area contributed by atoms with Crippen molar-refractivity contribution in [3.8, 4) is 11.6 Å². The van der Waals surface area contributed by atoms with E-state index in [2.05, 4.69) is 20.9 Å². The fraction of sp³-hybridized carbons (Fsp3) is 0. The molecule has 1 heterocycles. The Bertz CT molecular complexity index is 738. The Labute approximate surface area is 125 Å². The second-order valence-electron chi connectivity index (χ2n) is 3.76. The number of nitro groups is 1. The number of ether oxygens (including phenoxy) is 1. The number of nitrogens with zero attached hydrogens (tertiary/aromatic N) is 2. The third-order valence-corrected chi connectivity index (χ3v) is 3.00. The maximum Gasteiger partial charge on any atom is 0.354 e. The minimum atomic E-state index is -1.36. The van der Waals surface area contributed by atoms with Gasteiger partial charge in [-0.15, -0.1) is 0 Å². The third kappa shape index (κ3) is 3.31. The summed E-state index contributed by atoms with van der Waals surface area (Å²) in [6.07, 6.45) is 0. The van der Waals surface area contributed by atoms with Gasteiger partial charge in [0.05, 0.1) is 9.40 Å². The van der Waals surface area contributed by atoms with Gasteiger partial charge in [0.25, 0.3) is 5.88 Å². The van der Waals surface area contributed by atoms with Crippen LogP contribution in [0.1, 0.15) is 10.5 Å². The molecule has 0 spiro atoms. The van der Waals surface area contributed by atoms with Crippen LogP contribution in [0.4, 0.5) is 10.1 Å². The van der Waals surface area contributed by atoms with Crippen LogP contribution in [0.3, 0.4) is 0 Å².